The molecule has 1 unspecified atom stereocenters. The largest absolute Gasteiger partial charge is 0.367 e. The number of hydrogen-bond acceptors (Lipinski definition) is 4. The number of ether oxygens (including phenoxy) is 1. The van der Waals surface area contributed by atoms with E-state index >= 15 is 0 Å². The molecule has 0 radical (unpaired) electrons. The number of rotatable bonds is 4. The maximum Gasteiger partial charge on any atom is 0.317 e. The smallest absolute Gasteiger partial charge is 0.317 e. The van der Waals surface area contributed by atoms with Crippen LogP contribution in [0.15, 0.2) is 30.3 Å². The van der Waals surface area contributed by atoms with Gasteiger partial charge in [-0.3, -0.25) is 5.10 Å². The van der Waals surface area contributed by atoms with E-state index in [2.05, 4.69) is 20.5 Å². The van der Waals surface area contributed by atoms with Gasteiger partial charge >= 0.3 is 6.03 Å². The molecule has 7 heteroatoms. The number of benzene rings is 1. The normalized spacial score (nSPS) is 20.7. The third-order valence-corrected chi connectivity index (χ3v) is 4.42. The van der Waals surface area contributed by atoms with Crippen molar-refractivity contribution < 1.29 is 9.53 Å². The van der Waals surface area contributed by atoms with Gasteiger partial charge in [0.15, 0.2) is 5.82 Å². The van der Waals surface area contributed by atoms with Crippen LogP contribution in [0.5, 0.6) is 0 Å². The molecule has 1 fully saturated rings. The molecule has 25 heavy (non-hydrogen) atoms. The Balaban J connectivity index is 1.60. The van der Waals surface area contributed by atoms with E-state index in [1.54, 1.807) is 4.90 Å². The number of carbonyl (C=O) groups is 1. The zero-order chi connectivity index (χ0) is 17.9. The first-order valence-corrected chi connectivity index (χ1v) is 8.61. The van der Waals surface area contributed by atoms with Gasteiger partial charge in [-0.05, 0) is 12.5 Å². The fourth-order valence-electron chi connectivity index (χ4n) is 2.93. The van der Waals surface area contributed by atoms with Gasteiger partial charge in [-0.2, -0.15) is 5.10 Å². The molecule has 1 aliphatic heterocycles. The summed E-state index contributed by atoms with van der Waals surface area (Å²) >= 11 is 0. The Morgan fingerprint density at radius 1 is 1.40 bits per heavy atom. The number of nitrogens with one attached hydrogen (secondary N) is 2. The molecule has 0 spiro atoms. The van der Waals surface area contributed by atoms with E-state index in [1.165, 1.54) is 0 Å². The van der Waals surface area contributed by atoms with Crippen LogP contribution in [0.25, 0.3) is 0 Å². The third-order valence-electron chi connectivity index (χ3n) is 4.42. The Labute approximate surface area is 147 Å². The van der Waals surface area contributed by atoms with Crippen molar-refractivity contribution in [2.75, 3.05) is 19.7 Å². The van der Waals surface area contributed by atoms with Crippen LogP contribution >= 0.6 is 0 Å². The molecule has 1 atom stereocenters. The number of amides is 2. The van der Waals surface area contributed by atoms with Crippen molar-refractivity contribution in [1.29, 1.82) is 0 Å². The second-order valence-electron chi connectivity index (χ2n) is 6.82. The Hall–Kier alpha value is -2.41. The van der Waals surface area contributed by atoms with Crippen LogP contribution in [0.4, 0.5) is 4.79 Å². The van der Waals surface area contributed by atoms with Gasteiger partial charge in [0.1, 0.15) is 11.4 Å². The van der Waals surface area contributed by atoms with Crippen LogP contribution in [0, 0.1) is 0 Å². The topological polar surface area (TPSA) is 83.1 Å². The first-order chi connectivity index (χ1) is 12.0. The van der Waals surface area contributed by atoms with Gasteiger partial charge in [0.25, 0.3) is 0 Å². The van der Waals surface area contributed by atoms with Crippen LogP contribution in [0.2, 0.25) is 0 Å². The highest BCUT2D eigenvalue weighted by molar-refractivity contribution is 5.74. The summed E-state index contributed by atoms with van der Waals surface area (Å²) in [5.74, 6) is 1.68. The fourth-order valence-corrected chi connectivity index (χ4v) is 2.93. The van der Waals surface area contributed by atoms with Crippen LogP contribution in [-0.4, -0.2) is 45.8 Å². The Morgan fingerprint density at radius 2 is 2.16 bits per heavy atom. The average molecular weight is 343 g/mol. The zero-order valence-corrected chi connectivity index (χ0v) is 15.0. The van der Waals surface area contributed by atoms with Crippen molar-refractivity contribution in [2.24, 2.45) is 0 Å². The summed E-state index contributed by atoms with van der Waals surface area (Å²) in [6.45, 7) is 8.01. The molecule has 0 aliphatic carbocycles. The van der Waals surface area contributed by atoms with Crippen molar-refractivity contribution in [3.05, 3.63) is 47.5 Å². The van der Waals surface area contributed by atoms with Crippen molar-refractivity contribution in [2.45, 2.75) is 38.8 Å². The molecule has 0 bridgehead atoms. The lowest BCUT2D eigenvalue weighted by Gasteiger charge is -2.40. The first kappa shape index (κ1) is 17.4. The quantitative estimate of drug-likeness (QED) is 0.893. The van der Waals surface area contributed by atoms with Gasteiger partial charge < -0.3 is 15.0 Å². The number of morpholine rings is 1. The zero-order valence-electron chi connectivity index (χ0n) is 15.0. The van der Waals surface area contributed by atoms with Crippen LogP contribution < -0.4 is 5.32 Å². The average Bonchev–Trinajstić information content (AvgIpc) is 3.10. The predicted molar refractivity (Wildman–Crippen MR) is 94.0 cm³/mol. The molecule has 1 aromatic carbocycles. The molecule has 3 rings (SSSR count). The molecule has 2 amide bonds. The number of nitrogens with zero attached hydrogens (tertiary/aromatic N) is 3. The SMILES string of the molecule is CC(C)c1n[nH]c(CNC(=O)N2CCOC(C)(c3ccccc3)C2)n1. The molecular weight excluding hydrogens is 318 g/mol. The lowest BCUT2D eigenvalue weighted by molar-refractivity contribution is -0.0906. The fraction of sp³-hybridized carbons (Fsp3) is 0.500. The molecule has 1 saturated heterocycles. The molecule has 7 nitrogen and oxygen atoms in total. The molecule has 1 aliphatic rings. The Kier molecular flexibility index (Phi) is 5.03. The maximum absolute atomic E-state index is 12.5. The van der Waals surface area contributed by atoms with Gasteiger partial charge in [-0.25, -0.2) is 9.78 Å². The summed E-state index contributed by atoms with van der Waals surface area (Å²) in [6.07, 6.45) is 0. The van der Waals surface area contributed by atoms with Crippen molar-refractivity contribution in [1.82, 2.24) is 25.4 Å². The van der Waals surface area contributed by atoms with Gasteiger partial charge in [-0.1, -0.05) is 44.2 Å². The van der Waals surface area contributed by atoms with Gasteiger partial charge in [-0.15, -0.1) is 0 Å². The van der Waals surface area contributed by atoms with E-state index in [0.29, 0.717) is 32.1 Å². The van der Waals surface area contributed by atoms with Crippen LogP contribution in [0.3, 0.4) is 0 Å². The molecule has 0 saturated carbocycles. The van der Waals surface area contributed by atoms with Crippen molar-refractivity contribution >= 4 is 6.03 Å². The first-order valence-electron chi connectivity index (χ1n) is 8.61. The summed E-state index contributed by atoms with van der Waals surface area (Å²) in [5.41, 5.74) is 0.581. The summed E-state index contributed by atoms with van der Waals surface area (Å²) in [6, 6.07) is 9.89. The van der Waals surface area contributed by atoms with Crippen LogP contribution in [0.1, 0.15) is 43.9 Å². The maximum atomic E-state index is 12.5. The van der Waals surface area contributed by atoms with Crippen molar-refractivity contribution in [3.63, 3.8) is 0 Å². The highest BCUT2D eigenvalue weighted by atomic mass is 16.5. The van der Waals surface area contributed by atoms with Crippen molar-refractivity contribution in [3.8, 4) is 0 Å². The number of aromatic nitrogens is 3. The highest BCUT2D eigenvalue weighted by Gasteiger charge is 2.35. The number of aromatic amines is 1. The van der Waals surface area contributed by atoms with E-state index in [0.717, 1.165) is 11.4 Å². The molecule has 2 aromatic rings. The van der Waals surface area contributed by atoms with Gasteiger partial charge in [0.2, 0.25) is 0 Å². The minimum Gasteiger partial charge on any atom is -0.367 e. The number of H-pyrrole nitrogens is 1. The Morgan fingerprint density at radius 3 is 2.84 bits per heavy atom. The second-order valence-corrected chi connectivity index (χ2v) is 6.82. The van der Waals surface area contributed by atoms with Gasteiger partial charge in [0, 0.05) is 12.5 Å². The van der Waals surface area contributed by atoms with E-state index in [1.807, 2.05) is 51.1 Å². The minimum absolute atomic E-state index is 0.118. The monoisotopic (exact) mass is 343 g/mol. The molecule has 2 heterocycles. The summed E-state index contributed by atoms with van der Waals surface area (Å²) in [5, 5.41) is 9.92. The van der Waals surface area contributed by atoms with E-state index < -0.39 is 5.60 Å². The third kappa shape index (κ3) is 3.99. The standard InChI is InChI=1S/C18H25N5O2/c1-13(2)16-20-15(21-22-16)11-19-17(24)23-9-10-25-18(3,12-23)14-7-5-4-6-8-14/h4-8,13H,9-12H2,1-3H3,(H,19,24)(H,20,21,22). The van der Waals surface area contributed by atoms with E-state index in [4.69, 9.17) is 4.74 Å². The molecular formula is C18H25N5O2. The number of hydrogen-bond donors (Lipinski definition) is 2. The molecule has 2 N–H and O–H groups in total. The van der Waals surface area contributed by atoms with E-state index in [-0.39, 0.29) is 11.9 Å². The summed E-state index contributed by atoms with van der Waals surface area (Å²) in [4.78, 5) is 18.7. The lowest BCUT2D eigenvalue weighted by atomic mass is 9.94. The minimum atomic E-state index is -0.492. The number of carbonyl (C=O) groups excluding carboxylic acids is 1. The second kappa shape index (κ2) is 7.23. The van der Waals surface area contributed by atoms with Gasteiger partial charge in [0.05, 0.1) is 19.7 Å². The van der Waals surface area contributed by atoms with Crippen LogP contribution in [-0.2, 0) is 16.9 Å². The summed E-state index contributed by atoms with van der Waals surface area (Å²) in [7, 11) is 0. The molecule has 134 valence electrons. The predicted octanol–water partition coefficient (Wildman–Crippen LogP) is 2.39. The highest BCUT2D eigenvalue weighted by Crippen LogP contribution is 2.29. The molecule has 1 aromatic heterocycles. The van der Waals surface area contributed by atoms with E-state index in [9.17, 15) is 4.79 Å². The number of urea groups is 1. The lowest BCUT2D eigenvalue weighted by Crippen LogP contribution is -2.53. The Bertz CT molecular complexity index is 715. The summed E-state index contributed by atoms with van der Waals surface area (Å²) < 4.78 is 5.97.